The minimum Gasteiger partial charge on any atom is -0.469 e. The van der Waals surface area contributed by atoms with E-state index in [-0.39, 0.29) is 11.3 Å². The summed E-state index contributed by atoms with van der Waals surface area (Å²) in [5.74, 6) is -0.0452. The molecule has 0 fully saturated rings. The van der Waals surface area contributed by atoms with Gasteiger partial charge in [-0.15, -0.1) is 13.2 Å². The van der Waals surface area contributed by atoms with Gasteiger partial charge in [-0.25, -0.2) is 0 Å². The number of furan rings is 1. The van der Waals surface area contributed by atoms with E-state index in [1.165, 1.54) is 30.5 Å². The van der Waals surface area contributed by atoms with Crippen LogP contribution in [0.1, 0.15) is 11.3 Å². The number of ether oxygens (including phenoxy) is 1. The molecule has 0 spiro atoms. The largest absolute Gasteiger partial charge is 0.573 e. The highest BCUT2D eigenvalue weighted by Crippen LogP contribution is 2.26. The Morgan fingerprint density at radius 1 is 1.22 bits per heavy atom. The van der Waals surface area contributed by atoms with Crippen LogP contribution in [0.3, 0.4) is 0 Å². The number of carbonyl (C=O) groups is 1. The molecular weight excluding hydrogens is 311 g/mol. The summed E-state index contributed by atoms with van der Waals surface area (Å²) in [5, 5.41) is 2.61. The lowest BCUT2D eigenvalue weighted by atomic mass is 10.2. The number of rotatable bonds is 6. The smallest absolute Gasteiger partial charge is 0.469 e. The lowest BCUT2D eigenvalue weighted by Crippen LogP contribution is -2.23. The van der Waals surface area contributed by atoms with E-state index >= 15 is 0 Å². The van der Waals surface area contributed by atoms with Crippen molar-refractivity contribution in [3.63, 3.8) is 0 Å². The molecule has 1 heterocycles. The van der Waals surface area contributed by atoms with Crippen molar-refractivity contribution in [1.29, 1.82) is 0 Å². The predicted octanol–water partition coefficient (Wildman–Crippen LogP) is 3.55. The molecule has 0 aliphatic rings. The number of alkyl halides is 3. The Labute approximate surface area is 130 Å². The molecule has 1 aromatic heterocycles. The summed E-state index contributed by atoms with van der Waals surface area (Å²) in [4.78, 5) is 11.6. The molecule has 1 amide bonds. The molecule has 1 N–H and O–H groups in total. The monoisotopic (exact) mass is 325 g/mol. The Hall–Kier alpha value is -2.70. The van der Waals surface area contributed by atoms with Crippen molar-refractivity contribution >= 4 is 12.0 Å². The van der Waals surface area contributed by atoms with Crippen molar-refractivity contribution in [2.75, 3.05) is 6.54 Å². The first-order valence-corrected chi connectivity index (χ1v) is 6.77. The number of benzene rings is 1. The van der Waals surface area contributed by atoms with Crippen LogP contribution in [-0.4, -0.2) is 18.8 Å². The van der Waals surface area contributed by atoms with Crippen molar-refractivity contribution in [3.8, 4) is 5.75 Å². The van der Waals surface area contributed by atoms with Crippen LogP contribution in [0.25, 0.3) is 6.08 Å². The van der Waals surface area contributed by atoms with E-state index in [0.717, 1.165) is 11.8 Å². The first kappa shape index (κ1) is 16.7. The Bertz CT molecular complexity index is 663. The van der Waals surface area contributed by atoms with Gasteiger partial charge in [0.1, 0.15) is 11.5 Å². The van der Waals surface area contributed by atoms with E-state index in [0.29, 0.717) is 13.0 Å². The summed E-state index contributed by atoms with van der Waals surface area (Å²) in [6, 6.07) is 9.11. The molecule has 4 nitrogen and oxygen atoms in total. The van der Waals surface area contributed by atoms with Crippen molar-refractivity contribution in [3.05, 3.63) is 60.1 Å². The summed E-state index contributed by atoms with van der Waals surface area (Å²) in [6.45, 7) is 0.359. The zero-order chi connectivity index (χ0) is 16.7. The van der Waals surface area contributed by atoms with Gasteiger partial charge in [0.15, 0.2) is 0 Å². The van der Waals surface area contributed by atoms with Crippen molar-refractivity contribution < 1.29 is 27.1 Å². The first-order valence-electron chi connectivity index (χ1n) is 6.77. The number of hydrogen-bond donors (Lipinski definition) is 1. The topological polar surface area (TPSA) is 51.5 Å². The fraction of sp³-hybridized carbons (Fsp3) is 0.188. The summed E-state index contributed by atoms with van der Waals surface area (Å²) in [5.41, 5.74) is 0.158. The van der Waals surface area contributed by atoms with E-state index < -0.39 is 12.3 Å². The number of para-hydroxylation sites is 1. The second-order valence-electron chi connectivity index (χ2n) is 4.54. The number of amides is 1. The van der Waals surface area contributed by atoms with Crippen LogP contribution in [0.15, 0.2) is 53.2 Å². The van der Waals surface area contributed by atoms with Crippen LogP contribution < -0.4 is 10.1 Å². The fourth-order valence-electron chi connectivity index (χ4n) is 1.82. The van der Waals surface area contributed by atoms with Gasteiger partial charge in [0, 0.05) is 24.6 Å². The molecule has 0 saturated carbocycles. The van der Waals surface area contributed by atoms with Crippen molar-refractivity contribution in [2.24, 2.45) is 0 Å². The SMILES string of the molecule is O=C(/C=C/c1ccccc1OC(F)(F)F)NCCc1ccco1. The average Bonchev–Trinajstić information content (AvgIpc) is 2.98. The highest BCUT2D eigenvalue weighted by atomic mass is 19.4. The minimum absolute atomic E-state index is 0.158. The third-order valence-electron chi connectivity index (χ3n) is 2.81. The number of carbonyl (C=O) groups excluding carboxylic acids is 1. The lowest BCUT2D eigenvalue weighted by Gasteiger charge is -2.10. The van der Waals surface area contributed by atoms with E-state index in [1.807, 2.05) is 0 Å². The number of hydrogen-bond acceptors (Lipinski definition) is 3. The van der Waals surface area contributed by atoms with Gasteiger partial charge in [0.05, 0.1) is 6.26 Å². The maximum atomic E-state index is 12.3. The molecule has 7 heteroatoms. The van der Waals surface area contributed by atoms with Crippen LogP contribution in [0.2, 0.25) is 0 Å². The molecule has 2 rings (SSSR count). The zero-order valence-corrected chi connectivity index (χ0v) is 12.0. The Morgan fingerprint density at radius 3 is 2.70 bits per heavy atom. The molecule has 0 aliphatic heterocycles. The molecule has 0 saturated heterocycles. The maximum Gasteiger partial charge on any atom is 0.573 e. The lowest BCUT2D eigenvalue weighted by molar-refractivity contribution is -0.274. The van der Waals surface area contributed by atoms with Crippen LogP contribution in [0.5, 0.6) is 5.75 Å². The van der Waals surface area contributed by atoms with Gasteiger partial charge in [-0.3, -0.25) is 4.79 Å². The Morgan fingerprint density at radius 2 is 2.00 bits per heavy atom. The second-order valence-corrected chi connectivity index (χ2v) is 4.54. The van der Waals surface area contributed by atoms with E-state index in [4.69, 9.17) is 4.42 Å². The van der Waals surface area contributed by atoms with Gasteiger partial charge < -0.3 is 14.5 Å². The molecule has 0 bridgehead atoms. The van der Waals surface area contributed by atoms with Gasteiger partial charge >= 0.3 is 6.36 Å². The molecule has 0 radical (unpaired) electrons. The summed E-state index contributed by atoms with van der Waals surface area (Å²) in [7, 11) is 0. The summed E-state index contributed by atoms with van der Waals surface area (Å²) < 4.78 is 45.9. The predicted molar refractivity (Wildman–Crippen MR) is 77.6 cm³/mol. The van der Waals surface area contributed by atoms with E-state index in [9.17, 15) is 18.0 Å². The maximum absolute atomic E-state index is 12.3. The van der Waals surface area contributed by atoms with E-state index in [1.54, 1.807) is 18.2 Å². The number of halogens is 3. The standard InChI is InChI=1S/C16H14F3NO3/c17-16(18,19)23-14-6-2-1-4-12(14)7-8-15(21)20-10-9-13-5-3-11-22-13/h1-8,11H,9-10H2,(H,20,21)/b8-7+. The Kier molecular flexibility index (Phi) is 5.46. The summed E-state index contributed by atoms with van der Waals surface area (Å²) in [6.07, 6.45) is -0.297. The van der Waals surface area contributed by atoms with Crippen molar-refractivity contribution in [2.45, 2.75) is 12.8 Å². The molecule has 23 heavy (non-hydrogen) atoms. The molecule has 0 aliphatic carbocycles. The quantitative estimate of drug-likeness (QED) is 0.826. The van der Waals surface area contributed by atoms with Crippen LogP contribution in [0, 0.1) is 0 Å². The third kappa shape index (κ3) is 5.90. The van der Waals surface area contributed by atoms with Crippen molar-refractivity contribution in [1.82, 2.24) is 5.32 Å². The van der Waals surface area contributed by atoms with Gasteiger partial charge in [0.25, 0.3) is 0 Å². The third-order valence-corrected chi connectivity index (χ3v) is 2.81. The summed E-state index contributed by atoms with van der Waals surface area (Å²) >= 11 is 0. The normalized spacial score (nSPS) is 11.6. The minimum atomic E-state index is -4.78. The highest BCUT2D eigenvalue weighted by Gasteiger charge is 2.31. The molecule has 122 valence electrons. The zero-order valence-electron chi connectivity index (χ0n) is 12.0. The molecule has 1 aromatic carbocycles. The van der Waals surface area contributed by atoms with E-state index in [2.05, 4.69) is 10.1 Å². The van der Waals surface area contributed by atoms with Gasteiger partial charge in [-0.1, -0.05) is 18.2 Å². The first-order chi connectivity index (χ1) is 10.9. The van der Waals surface area contributed by atoms with Gasteiger partial charge in [-0.05, 0) is 24.3 Å². The molecule has 2 aromatic rings. The van der Waals surface area contributed by atoms with Crippen LogP contribution in [-0.2, 0) is 11.2 Å². The highest BCUT2D eigenvalue weighted by molar-refractivity contribution is 5.92. The number of nitrogens with one attached hydrogen (secondary N) is 1. The van der Waals surface area contributed by atoms with Gasteiger partial charge in [-0.2, -0.15) is 0 Å². The molecule has 0 unspecified atom stereocenters. The molecule has 0 atom stereocenters. The van der Waals surface area contributed by atoms with Crippen LogP contribution in [0.4, 0.5) is 13.2 Å². The fourth-order valence-corrected chi connectivity index (χ4v) is 1.82. The van der Waals surface area contributed by atoms with Gasteiger partial charge in [0.2, 0.25) is 5.91 Å². The molecular formula is C16H14F3NO3. The second kappa shape index (κ2) is 7.53. The average molecular weight is 325 g/mol. The Balaban J connectivity index is 1.90. The van der Waals surface area contributed by atoms with Crippen LogP contribution >= 0.6 is 0 Å².